The number of aromatic nitrogens is 1. The predicted molar refractivity (Wildman–Crippen MR) is 71.8 cm³/mol. The first-order chi connectivity index (χ1) is 8.61. The molecular weight excluding hydrogens is 228 g/mol. The summed E-state index contributed by atoms with van der Waals surface area (Å²) in [5.41, 5.74) is 6.70. The Kier molecular flexibility index (Phi) is 3.81. The lowest BCUT2D eigenvalue weighted by Gasteiger charge is -2.28. The average molecular weight is 248 g/mol. The number of carbonyl (C=O) groups excluding carboxylic acids is 1. The molecule has 0 aromatic carbocycles. The third-order valence-corrected chi connectivity index (χ3v) is 3.33. The number of carbonyl (C=O) groups is 1. The topological polar surface area (TPSA) is 71.2 Å². The minimum atomic E-state index is -0.401. The molecule has 5 heteroatoms. The van der Waals surface area contributed by atoms with E-state index in [9.17, 15) is 4.79 Å². The summed E-state index contributed by atoms with van der Waals surface area (Å²) in [7, 11) is 0. The maximum absolute atomic E-state index is 11.3. The zero-order chi connectivity index (χ0) is 13.1. The monoisotopic (exact) mass is 248 g/mol. The number of amides is 1. The molecule has 1 fully saturated rings. The number of hydrogen-bond acceptors (Lipinski definition) is 4. The van der Waals surface area contributed by atoms with Crippen LogP contribution in [0.15, 0.2) is 12.1 Å². The Morgan fingerprint density at radius 3 is 2.94 bits per heavy atom. The number of nitrogens with two attached hydrogens (primary N) is 1. The van der Waals surface area contributed by atoms with Crippen LogP contribution >= 0.6 is 0 Å². The van der Waals surface area contributed by atoms with Gasteiger partial charge in [0.05, 0.1) is 0 Å². The van der Waals surface area contributed by atoms with Gasteiger partial charge in [0.1, 0.15) is 5.82 Å². The summed E-state index contributed by atoms with van der Waals surface area (Å²) in [6, 6.07) is 3.97. The van der Waals surface area contributed by atoms with Gasteiger partial charge >= 0.3 is 0 Å². The van der Waals surface area contributed by atoms with Crippen molar-refractivity contribution < 1.29 is 4.79 Å². The second-order valence-corrected chi connectivity index (χ2v) is 4.65. The molecule has 98 valence electrons. The Morgan fingerprint density at radius 2 is 2.39 bits per heavy atom. The van der Waals surface area contributed by atoms with Gasteiger partial charge in [0.2, 0.25) is 5.91 Å². The Labute approximate surface area is 107 Å². The van der Waals surface area contributed by atoms with Gasteiger partial charge in [-0.05, 0) is 38.9 Å². The largest absolute Gasteiger partial charge is 0.366 e. The normalized spacial score (nSPS) is 18.9. The molecule has 3 N–H and O–H groups in total. The van der Waals surface area contributed by atoms with Gasteiger partial charge in [-0.3, -0.25) is 4.79 Å². The first-order valence-electron chi connectivity index (χ1n) is 6.37. The summed E-state index contributed by atoms with van der Waals surface area (Å²) in [6.07, 6.45) is 1.11. The highest BCUT2D eigenvalue weighted by atomic mass is 16.1. The molecule has 5 nitrogen and oxygen atoms in total. The van der Waals surface area contributed by atoms with Crippen molar-refractivity contribution in [2.75, 3.05) is 24.5 Å². The maximum atomic E-state index is 11.3. The predicted octanol–water partition coefficient (Wildman–Crippen LogP) is 0.677. The number of hydrogen-bond donors (Lipinski definition) is 2. The van der Waals surface area contributed by atoms with Crippen molar-refractivity contribution in [3.8, 4) is 0 Å². The van der Waals surface area contributed by atoms with Crippen LogP contribution in [0.5, 0.6) is 0 Å². The second kappa shape index (κ2) is 5.35. The molecule has 0 radical (unpaired) electrons. The van der Waals surface area contributed by atoms with Crippen molar-refractivity contribution in [2.45, 2.75) is 26.3 Å². The van der Waals surface area contributed by atoms with E-state index >= 15 is 0 Å². The van der Waals surface area contributed by atoms with Crippen LogP contribution < -0.4 is 16.0 Å². The van der Waals surface area contributed by atoms with E-state index in [1.165, 1.54) is 0 Å². The lowest BCUT2D eigenvalue weighted by Crippen LogP contribution is -2.37. The molecule has 18 heavy (non-hydrogen) atoms. The first-order valence-corrected chi connectivity index (χ1v) is 6.37. The van der Waals surface area contributed by atoms with E-state index in [0.29, 0.717) is 11.6 Å². The van der Waals surface area contributed by atoms with E-state index in [2.05, 4.69) is 22.1 Å². The molecule has 1 unspecified atom stereocenters. The Hall–Kier alpha value is -1.62. The average Bonchev–Trinajstić information content (AvgIpc) is 2.83. The van der Waals surface area contributed by atoms with Crippen molar-refractivity contribution >= 4 is 11.7 Å². The van der Waals surface area contributed by atoms with Gasteiger partial charge in [-0.15, -0.1) is 0 Å². The van der Waals surface area contributed by atoms with Crippen LogP contribution in [0, 0.1) is 6.92 Å². The van der Waals surface area contributed by atoms with Gasteiger partial charge < -0.3 is 16.0 Å². The van der Waals surface area contributed by atoms with Gasteiger partial charge in [0.15, 0.2) is 0 Å². The van der Waals surface area contributed by atoms with Crippen LogP contribution in [0.2, 0.25) is 0 Å². The Morgan fingerprint density at radius 1 is 1.61 bits per heavy atom. The summed E-state index contributed by atoms with van der Waals surface area (Å²) in [5.74, 6) is 0.447. The minimum Gasteiger partial charge on any atom is -0.366 e. The number of primary amides is 1. The van der Waals surface area contributed by atoms with Crippen LogP contribution in [0.3, 0.4) is 0 Å². The molecule has 1 aromatic rings. The van der Waals surface area contributed by atoms with E-state index in [-0.39, 0.29) is 0 Å². The Balaban J connectivity index is 2.32. The van der Waals surface area contributed by atoms with E-state index in [1.54, 1.807) is 12.1 Å². The summed E-state index contributed by atoms with van der Waals surface area (Å²) in [6.45, 7) is 6.87. The summed E-state index contributed by atoms with van der Waals surface area (Å²) in [5, 5.41) is 3.35. The molecule has 1 atom stereocenters. The summed E-state index contributed by atoms with van der Waals surface area (Å²) >= 11 is 0. The number of nitrogens with zero attached hydrogens (tertiary/aromatic N) is 2. The fraction of sp³-hybridized carbons (Fsp3) is 0.538. The maximum Gasteiger partial charge on any atom is 0.248 e. The van der Waals surface area contributed by atoms with E-state index < -0.39 is 5.91 Å². The quantitative estimate of drug-likeness (QED) is 0.822. The summed E-state index contributed by atoms with van der Waals surface area (Å²) < 4.78 is 0. The zero-order valence-electron chi connectivity index (χ0n) is 10.9. The number of aryl methyl sites for hydroxylation is 1. The molecule has 1 saturated heterocycles. The lowest BCUT2D eigenvalue weighted by molar-refractivity contribution is 0.1000. The third-order valence-electron chi connectivity index (χ3n) is 3.33. The van der Waals surface area contributed by atoms with Gasteiger partial charge in [-0.25, -0.2) is 4.98 Å². The fourth-order valence-corrected chi connectivity index (χ4v) is 2.45. The van der Waals surface area contributed by atoms with Gasteiger partial charge in [0.25, 0.3) is 0 Å². The highest BCUT2D eigenvalue weighted by molar-refractivity contribution is 5.93. The molecule has 1 amide bonds. The third kappa shape index (κ3) is 2.61. The number of pyridine rings is 1. The fourth-order valence-electron chi connectivity index (χ4n) is 2.45. The van der Waals surface area contributed by atoms with Crippen LogP contribution in [0.1, 0.15) is 29.4 Å². The molecule has 2 rings (SSSR count). The minimum absolute atomic E-state index is 0.401. The van der Waals surface area contributed by atoms with Crippen molar-refractivity contribution in [1.29, 1.82) is 0 Å². The molecule has 0 saturated carbocycles. The molecule has 0 aliphatic carbocycles. The highest BCUT2D eigenvalue weighted by Gasteiger charge is 2.22. The second-order valence-electron chi connectivity index (χ2n) is 4.65. The first kappa shape index (κ1) is 12.8. The number of likely N-dealkylation sites (N-methyl/N-ethyl adjacent to an activating group) is 1. The van der Waals surface area contributed by atoms with E-state index in [0.717, 1.165) is 37.6 Å². The summed E-state index contributed by atoms with van der Waals surface area (Å²) in [4.78, 5) is 18.1. The molecule has 1 aliphatic heterocycles. The highest BCUT2D eigenvalue weighted by Crippen LogP contribution is 2.20. The van der Waals surface area contributed by atoms with Crippen molar-refractivity contribution in [3.63, 3.8) is 0 Å². The molecule has 2 heterocycles. The van der Waals surface area contributed by atoms with Crippen LogP contribution in [0.25, 0.3) is 0 Å². The number of rotatable bonds is 4. The van der Waals surface area contributed by atoms with Gasteiger partial charge in [-0.2, -0.15) is 0 Å². The van der Waals surface area contributed by atoms with Crippen molar-refractivity contribution in [3.05, 3.63) is 23.4 Å². The lowest BCUT2D eigenvalue weighted by atomic mass is 10.1. The van der Waals surface area contributed by atoms with Crippen LogP contribution in [-0.2, 0) is 0 Å². The van der Waals surface area contributed by atoms with Gasteiger partial charge in [0, 0.05) is 30.4 Å². The molecular formula is C13H20N4O. The van der Waals surface area contributed by atoms with Gasteiger partial charge in [-0.1, -0.05) is 0 Å². The molecule has 0 spiro atoms. The molecule has 0 bridgehead atoms. The smallest absolute Gasteiger partial charge is 0.248 e. The van der Waals surface area contributed by atoms with Crippen molar-refractivity contribution in [1.82, 2.24) is 10.3 Å². The number of nitrogens with one attached hydrogen (secondary N) is 1. The van der Waals surface area contributed by atoms with Crippen LogP contribution in [0.4, 0.5) is 5.82 Å². The van der Waals surface area contributed by atoms with Crippen LogP contribution in [-0.4, -0.2) is 36.6 Å². The SMILES string of the molecule is CCN(c1cc(C(N)=O)cc(C)n1)C1CCNC1. The van der Waals surface area contributed by atoms with E-state index in [1.807, 2.05) is 6.92 Å². The van der Waals surface area contributed by atoms with E-state index in [4.69, 9.17) is 5.73 Å². The Bertz CT molecular complexity index is 441. The van der Waals surface area contributed by atoms with Crippen molar-refractivity contribution in [2.24, 2.45) is 5.73 Å². The molecule has 1 aromatic heterocycles. The zero-order valence-corrected chi connectivity index (χ0v) is 10.9. The number of anilines is 1. The molecule has 1 aliphatic rings. The standard InChI is InChI=1S/C13H20N4O/c1-3-17(11-4-5-15-8-11)12-7-10(13(14)18)6-9(2)16-12/h6-7,11,15H,3-5,8H2,1-2H3,(H2,14,18).